The highest BCUT2D eigenvalue weighted by molar-refractivity contribution is 7.92. The van der Waals surface area contributed by atoms with Gasteiger partial charge in [0.25, 0.3) is 5.69 Å². The number of rotatable bonds is 13. The van der Waals surface area contributed by atoms with Gasteiger partial charge >= 0.3 is 0 Å². The first kappa shape index (κ1) is 32.6. The number of sulfonamides is 1. The second kappa shape index (κ2) is 14.3. The fourth-order valence-corrected chi connectivity index (χ4v) is 5.46. The van der Waals surface area contributed by atoms with Gasteiger partial charge < -0.3 is 10.2 Å². The van der Waals surface area contributed by atoms with Gasteiger partial charge in [-0.1, -0.05) is 80.0 Å². The molecule has 1 atom stereocenters. The van der Waals surface area contributed by atoms with E-state index in [2.05, 4.69) is 5.32 Å². The summed E-state index contributed by atoms with van der Waals surface area (Å²) < 4.78 is 26.8. The van der Waals surface area contributed by atoms with Crippen molar-refractivity contribution in [3.8, 4) is 0 Å². The van der Waals surface area contributed by atoms with Crippen LogP contribution in [-0.2, 0) is 32.6 Å². The quantitative estimate of drug-likeness (QED) is 0.219. The van der Waals surface area contributed by atoms with Crippen LogP contribution in [0.3, 0.4) is 0 Å². The summed E-state index contributed by atoms with van der Waals surface area (Å²) in [5.74, 6) is -0.922. The van der Waals surface area contributed by atoms with Gasteiger partial charge in [-0.15, -0.1) is 0 Å². The fourth-order valence-electron chi connectivity index (χ4n) is 4.36. The molecule has 3 aromatic carbocycles. The average molecular weight is 615 g/mol. The topological polar surface area (TPSA) is 130 Å². The van der Waals surface area contributed by atoms with E-state index in [1.807, 2.05) is 44.2 Å². The summed E-state index contributed by atoms with van der Waals surface area (Å²) in [6.45, 7) is 5.11. The predicted molar refractivity (Wildman–Crippen MR) is 164 cm³/mol. The Labute approximate surface area is 251 Å². The van der Waals surface area contributed by atoms with Crippen molar-refractivity contribution in [2.24, 2.45) is 5.92 Å². The molecule has 12 heteroatoms. The maximum Gasteiger partial charge on any atom is 0.271 e. The summed E-state index contributed by atoms with van der Waals surface area (Å²) >= 11 is 6.45. The molecule has 0 unspecified atom stereocenters. The third kappa shape index (κ3) is 8.77. The largest absolute Gasteiger partial charge is 0.354 e. The van der Waals surface area contributed by atoms with Crippen LogP contribution in [0, 0.1) is 23.0 Å². The molecule has 0 saturated heterocycles. The van der Waals surface area contributed by atoms with Gasteiger partial charge in [-0.3, -0.25) is 24.0 Å². The first-order valence-electron chi connectivity index (χ1n) is 13.3. The monoisotopic (exact) mass is 614 g/mol. The SMILES string of the molecule is Cc1ccc([N+](=O)[O-])cc1N(CC(=O)N(Cc1ccccc1Cl)[C@@H](Cc1ccccc1)C(=O)NCC(C)C)S(C)(=O)=O. The Morgan fingerprint density at radius 3 is 2.26 bits per heavy atom. The van der Waals surface area contributed by atoms with Crippen molar-refractivity contribution in [1.82, 2.24) is 10.2 Å². The molecular weight excluding hydrogens is 580 g/mol. The van der Waals surface area contributed by atoms with Crippen LogP contribution in [0.1, 0.15) is 30.5 Å². The smallest absolute Gasteiger partial charge is 0.271 e. The second-order valence-electron chi connectivity index (χ2n) is 10.5. The molecule has 0 heterocycles. The van der Waals surface area contributed by atoms with E-state index in [4.69, 9.17) is 11.6 Å². The van der Waals surface area contributed by atoms with E-state index in [-0.39, 0.29) is 30.3 Å². The molecule has 0 aliphatic rings. The van der Waals surface area contributed by atoms with E-state index in [0.29, 0.717) is 22.7 Å². The first-order chi connectivity index (χ1) is 19.8. The minimum atomic E-state index is -4.08. The lowest BCUT2D eigenvalue weighted by molar-refractivity contribution is -0.384. The van der Waals surface area contributed by atoms with Gasteiger partial charge in [0.2, 0.25) is 21.8 Å². The number of amides is 2. The number of benzene rings is 3. The van der Waals surface area contributed by atoms with Gasteiger partial charge in [-0.05, 0) is 35.6 Å². The lowest BCUT2D eigenvalue weighted by Crippen LogP contribution is -2.53. The van der Waals surface area contributed by atoms with Crippen molar-refractivity contribution in [3.05, 3.63) is 105 Å². The lowest BCUT2D eigenvalue weighted by atomic mass is 10.0. The van der Waals surface area contributed by atoms with Crippen molar-refractivity contribution in [2.45, 2.75) is 39.8 Å². The molecule has 0 aliphatic carbocycles. The van der Waals surface area contributed by atoms with Crippen LogP contribution in [0.4, 0.5) is 11.4 Å². The lowest BCUT2D eigenvalue weighted by Gasteiger charge is -2.34. The molecule has 3 aromatic rings. The van der Waals surface area contributed by atoms with E-state index in [1.54, 1.807) is 31.2 Å². The van der Waals surface area contributed by atoms with Crippen LogP contribution in [0.2, 0.25) is 5.02 Å². The summed E-state index contributed by atoms with van der Waals surface area (Å²) in [6, 6.07) is 18.9. The van der Waals surface area contributed by atoms with Gasteiger partial charge in [0.05, 0.1) is 16.9 Å². The van der Waals surface area contributed by atoms with Crippen LogP contribution in [0.25, 0.3) is 0 Å². The molecule has 3 rings (SSSR count). The Bertz CT molecular complexity index is 1530. The molecule has 0 aromatic heterocycles. The number of non-ortho nitro benzene ring substituents is 1. The number of carbonyl (C=O) groups is 2. The number of halogens is 1. The number of hydrogen-bond donors (Lipinski definition) is 1. The number of nitro groups is 1. The van der Waals surface area contributed by atoms with Crippen LogP contribution < -0.4 is 9.62 Å². The summed E-state index contributed by atoms with van der Waals surface area (Å²) in [4.78, 5) is 40.0. The number of nitro benzene ring substituents is 1. The Kier molecular flexibility index (Phi) is 11.1. The molecule has 2 amide bonds. The number of aryl methyl sites for hydroxylation is 1. The third-order valence-electron chi connectivity index (χ3n) is 6.61. The van der Waals surface area contributed by atoms with Crippen LogP contribution in [-0.4, -0.2) is 55.4 Å². The van der Waals surface area contributed by atoms with Gasteiger partial charge in [0.1, 0.15) is 12.6 Å². The molecular formula is C30H35ClN4O6S. The van der Waals surface area contributed by atoms with Crippen LogP contribution in [0.5, 0.6) is 0 Å². The molecule has 1 N–H and O–H groups in total. The van der Waals surface area contributed by atoms with E-state index < -0.39 is 39.3 Å². The highest BCUT2D eigenvalue weighted by Gasteiger charge is 2.34. The van der Waals surface area contributed by atoms with E-state index in [1.165, 1.54) is 17.0 Å². The van der Waals surface area contributed by atoms with E-state index >= 15 is 0 Å². The Morgan fingerprint density at radius 1 is 1.02 bits per heavy atom. The van der Waals surface area contributed by atoms with E-state index in [0.717, 1.165) is 22.2 Å². The van der Waals surface area contributed by atoms with Crippen LogP contribution >= 0.6 is 11.6 Å². The van der Waals surface area contributed by atoms with Crippen molar-refractivity contribution >= 4 is 44.8 Å². The first-order valence-corrected chi connectivity index (χ1v) is 15.6. The van der Waals surface area contributed by atoms with Crippen molar-refractivity contribution < 1.29 is 22.9 Å². The number of nitrogens with one attached hydrogen (secondary N) is 1. The molecule has 0 aliphatic heterocycles. The van der Waals surface area contributed by atoms with Crippen molar-refractivity contribution in [3.63, 3.8) is 0 Å². The molecule has 42 heavy (non-hydrogen) atoms. The molecule has 0 fully saturated rings. The maximum absolute atomic E-state index is 14.2. The fraction of sp³-hybridized carbons (Fsp3) is 0.333. The summed E-state index contributed by atoms with van der Waals surface area (Å²) in [5, 5.41) is 14.7. The molecule has 224 valence electrons. The van der Waals surface area contributed by atoms with Gasteiger partial charge in [0, 0.05) is 36.7 Å². The Morgan fingerprint density at radius 2 is 1.67 bits per heavy atom. The Hall–Kier alpha value is -3.96. The van der Waals surface area contributed by atoms with E-state index in [9.17, 15) is 28.1 Å². The maximum atomic E-state index is 14.2. The summed E-state index contributed by atoms with van der Waals surface area (Å²) in [5.41, 5.74) is 1.47. The molecule has 0 saturated carbocycles. The second-order valence-corrected chi connectivity index (χ2v) is 12.8. The minimum absolute atomic E-state index is 0.00149. The number of hydrogen-bond acceptors (Lipinski definition) is 6. The highest BCUT2D eigenvalue weighted by Crippen LogP contribution is 2.28. The normalized spacial score (nSPS) is 12.0. The predicted octanol–water partition coefficient (Wildman–Crippen LogP) is 4.73. The van der Waals surface area contributed by atoms with Gasteiger partial charge in [0.15, 0.2) is 0 Å². The Balaban J connectivity index is 2.11. The zero-order valence-corrected chi connectivity index (χ0v) is 25.6. The zero-order chi connectivity index (χ0) is 31.0. The molecule has 0 spiro atoms. The summed E-state index contributed by atoms with van der Waals surface area (Å²) in [6.07, 6.45) is 1.09. The van der Waals surface area contributed by atoms with Crippen molar-refractivity contribution in [1.29, 1.82) is 0 Å². The van der Waals surface area contributed by atoms with Gasteiger partial charge in [-0.25, -0.2) is 8.42 Å². The highest BCUT2D eigenvalue weighted by atomic mass is 35.5. The average Bonchev–Trinajstić information content (AvgIpc) is 2.93. The van der Waals surface area contributed by atoms with Crippen molar-refractivity contribution in [2.75, 3.05) is 23.7 Å². The van der Waals surface area contributed by atoms with Crippen LogP contribution in [0.15, 0.2) is 72.8 Å². The minimum Gasteiger partial charge on any atom is -0.354 e. The number of anilines is 1. The summed E-state index contributed by atoms with van der Waals surface area (Å²) in [7, 11) is -4.08. The number of nitrogens with zero attached hydrogens (tertiary/aromatic N) is 3. The molecule has 0 radical (unpaired) electrons. The zero-order valence-electron chi connectivity index (χ0n) is 24.0. The number of carbonyl (C=O) groups excluding carboxylic acids is 2. The molecule has 0 bridgehead atoms. The molecule has 10 nitrogen and oxygen atoms in total. The van der Waals surface area contributed by atoms with Gasteiger partial charge in [-0.2, -0.15) is 0 Å². The standard InChI is InChI=1S/C30H35ClN4O6S/c1-21(2)18-32-30(37)28(16-23-10-6-5-7-11-23)33(19-24-12-8-9-13-26(24)31)29(36)20-34(42(4,40)41)27-17-25(35(38)39)15-14-22(27)3/h5-15,17,21,28H,16,18-20H2,1-4H3,(H,32,37)/t28-/m0/s1. The third-order valence-corrected chi connectivity index (χ3v) is 8.10.